The Morgan fingerprint density at radius 1 is 1.39 bits per heavy atom. The zero-order valence-electron chi connectivity index (χ0n) is 10.3. The fourth-order valence-electron chi connectivity index (χ4n) is 1.42. The Morgan fingerprint density at radius 2 is 2.06 bits per heavy atom. The van der Waals surface area contributed by atoms with Gasteiger partial charge in [-0.1, -0.05) is 11.6 Å². The summed E-state index contributed by atoms with van der Waals surface area (Å²) < 4.78 is 39.5. The second-order valence-electron chi connectivity index (χ2n) is 4.28. The van der Waals surface area contributed by atoms with E-state index in [1.54, 1.807) is 0 Å². The van der Waals surface area contributed by atoms with Crippen LogP contribution in [0.25, 0.3) is 0 Å². The van der Waals surface area contributed by atoms with Crippen molar-refractivity contribution >= 4 is 21.6 Å². The van der Waals surface area contributed by atoms with Crippen molar-refractivity contribution in [3.63, 3.8) is 0 Å². The van der Waals surface area contributed by atoms with Crippen LogP contribution in [0.15, 0.2) is 23.1 Å². The first-order valence-corrected chi connectivity index (χ1v) is 7.43. The molecule has 0 atom stereocenters. The minimum atomic E-state index is -3.80. The Labute approximate surface area is 112 Å². The highest BCUT2D eigenvalue weighted by Crippen LogP contribution is 2.18. The second kappa shape index (κ2) is 6.47. The lowest BCUT2D eigenvalue weighted by atomic mass is 10.3. The number of hydrogen-bond acceptors (Lipinski definition) is 2. The molecule has 0 aromatic heterocycles. The second-order valence-corrected chi connectivity index (χ2v) is 6.45. The summed E-state index contributed by atoms with van der Waals surface area (Å²) >= 11 is 5.57. The van der Waals surface area contributed by atoms with Crippen LogP contribution in [0.4, 0.5) is 4.39 Å². The van der Waals surface area contributed by atoms with Gasteiger partial charge in [-0.2, -0.15) is 0 Å². The molecule has 1 rings (SSSR count). The summed E-state index contributed by atoms with van der Waals surface area (Å²) in [6, 6.07) is 3.50. The van der Waals surface area contributed by atoms with Gasteiger partial charge in [0, 0.05) is 18.0 Å². The van der Waals surface area contributed by atoms with Crippen molar-refractivity contribution in [2.45, 2.75) is 11.3 Å². The number of halogens is 2. The van der Waals surface area contributed by atoms with E-state index in [4.69, 9.17) is 11.6 Å². The monoisotopic (exact) mass is 295 g/mol. The molecule has 0 radical (unpaired) electrons. The molecule has 18 heavy (non-hydrogen) atoms. The Balaban J connectivity index is 2.69. The average molecular weight is 296 g/mol. The lowest BCUT2D eigenvalue weighted by Gasteiger charge is -2.09. The summed E-state index contributed by atoms with van der Waals surface area (Å²) in [5.41, 5.74) is 0. The van der Waals surface area contributed by atoms with Gasteiger partial charge in [-0.3, -0.25) is 0 Å². The van der Waals surface area contributed by atoms with Crippen molar-refractivity contribution < 1.29 is 17.7 Å². The average Bonchev–Trinajstić information content (AvgIpc) is 2.23. The van der Waals surface area contributed by atoms with Crippen LogP contribution in [-0.2, 0) is 10.0 Å². The molecule has 0 heterocycles. The number of quaternary nitrogens is 1. The summed E-state index contributed by atoms with van der Waals surface area (Å²) in [5, 5.41) is 0.169. The van der Waals surface area contributed by atoms with Crippen molar-refractivity contribution in [1.29, 1.82) is 0 Å². The molecule has 0 spiro atoms. The molecule has 1 aromatic rings. The van der Waals surface area contributed by atoms with E-state index in [-0.39, 0.29) is 16.5 Å². The van der Waals surface area contributed by atoms with E-state index in [0.717, 1.165) is 18.7 Å². The van der Waals surface area contributed by atoms with Gasteiger partial charge in [0.25, 0.3) is 0 Å². The van der Waals surface area contributed by atoms with Gasteiger partial charge in [-0.15, -0.1) is 0 Å². The third kappa shape index (κ3) is 4.53. The Kier molecular flexibility index (Phi) is 5.52. The topological polar surface area (TPSA) is 50.6 Å². The summed E-state index contributed by atoms with van der Waals surface area (Å²) in [4.78, 5) is 0.857. The van der Waals surface area contributed by atoms with Gasteiger partial charge in [0.15, 0.2) is 0 Å². The van der Waals surface area contributed by atoms with E-state index < -0.39 is 15.8 Å². The van der Waals surface area contributed by atoms with E-state index >= 15 is 0 Å². The maximum Gasteiger partial charge on any atom is 0.243 e. The summed E-state index contributed by atoms with van der Waals surface area (Å²) in [6.45, 7) is 1.13. The molecule has 4 nitrogen and oxygen atoms in total. The minimum Gasteiger partial charge on any atom is -0.340 e. The fourth-order valence-corrected chi connectivity index (χ4v) is 2.71. The fraction of sp³-hybridized carbons (Fsp3) is 0.455. The Bertz CT molecular complexity index is 506. The molecule has 0 aliphatic carbocycles. The number of rotatable bonds is 6. The molecule has 0 amide bonds. The highest BCUT2D eigenvalue weighted by atomic mass is 35.5. The Hall–Kier alpha value is -0.690. The SMILES string of the molecule is C[NH+](C)CCCNS(=O)(=O)c1ccc(Cl)cc1F. The summed E-state index contributed by atoms with van der Waals surface area (Å²) in [6.07, 6.45) is 0.691. The zero-order valence-corrected chi connectivity index (χ0v) is 11.9. The van der Waals surface area contributed by atoms with Gasteiger partial charge in [-0.25, -0.2) is 17.5 Å². The van der Waals surface area contributed by atoms with Crippen LogP contribution in [0, 0.1) is 5.82 Å². The van der Waals surface area contributed by atoms with Crippen LogP contribution in [0.2, 0.25) is 5.02 Å². The summed E-state index contributed by atoms with van der Waals surface area (Å²) in [7, 11) is 0.160. The molecule has 1 aromatic carbocycles. The van der Waals surface area contributed by atoms with Crippen LogP contribution in [0.5, 0.6) is 0 Å². The van der Waals surface area contributed by atoms with Crippen LogP contribution in [0.3, 0.4) is 0 Å². The van der Waals surface area contributed by atoms with Crippen molar-refractivity contribution in [3.05, 3.63) is 29.0 Å². The predicted molar refractivity (Wildman–Crippen MR) is 68.9 cm³/mol. The van der Waals surface area contributed by atoms with Crippen LogP contribution in [-0.4, -0.2) is 35.6 Å². The molecule has 102 valence electrons. The minimum absolute atomic E-state index is 0.169. The molecule has 7 heteroatoms. The molecule has 0 saturated heterocycles. The lowest BCUT2D eigenvalue weighted by molar-refractivity contribution is -0.858. The molecule has 0 unspecified atom stereocenters. The molecule has 0 fully saturated rings. The molecular weight excluding hydrogens is 279 g/mol. The first-order chi connectivity index (χ1) is 8.33. The highest BCUT2D eigenvalue weighted by Gasteiger charge is 2.18. The number of benzene rings is 1. The maximum atomic E-state index is 13.5. The van der Waals surface area contributed by atoms with Gasteiger partial charge in [0.1, 0.15) is 10.7 Å². The molecule has 0 saturated carbocycles. The first-order valence-electron chi connectivity index (χ1n) is 5.56. The van der Waals surface area contributed by atoms with Crippen molar-refractivity contribution in [1.82, 2.24) is 4.72 Å². The van der Waals surface area contributed by atoms with E-state index in [0.29, 0.717) is 6.42 Å². The van der Waals surface area contributed by atoms with Gasteiger partial charge >= 0.3 is 0 Å². The summed E-state index contributed by atoms with van der Waals surface area (Å²) in [5.74, 6) is -0.840. The van der Waals surface area contributed by atoms with Gasteiger partial charge in [0.05, 0.1) is 20.6 Å². The van der Waals surface area contributed by atoms with E-state index in [9.17, 15) is 12.8 Å². The number of hydrogen-bond donors (Lipinski definition) is 2. The third-order valence-electron chi connectivity index (χ3n) is 2.33. The van der Waals surface area contributed by atoms with E-state index in [1.807, 2.05) is 14.1 Å². The van der Waals surface area contributed by atoms with Gasteiger partial charge in [0.2, 0.25) is 10.0 Å². The standard InChI is InChI=1S/C11H16ClFN2O2S/c1-15(2)7-3-6-14-18(16,17)11-5-4-9(12)8-10(11)13/h4-5,8,14H,3,6-7H2,1-2H3/p+1. The quantitative estimate of drug-likeness (QED) is 0.741. The maximum absolute atomic E-state index is 13.5. The normalized spacial score (nSPS) is 12.1. The Morgan fingerprint density at radius 3 is 2.61 bits per heavy atom. The smallest absolute Gasteiger partial charge is 0.243 e. The number of sulfonamides is 1. The first kappa shape index (κ1) is 15.4. The van der Waals surface area contributed by atoms with Crippen LogP contribution in [0.1, 0.15) is 6.42 Å². The highest BCUT2D eigenvalue weighted by molar-refractivity contribution is 7.89. The largest absolute Gasteiger partial charge is 0.340 e. The van der Waals surface area contributed by atoms with Crippen molar-refractivity contribution in [2.24, 2.45) is 0 Å². The predicted octanol–water partition coefficient (Wildman–Crippen LogP) is 0.292. The zero-order chi connectivity index (χ0) is 13.8. The van der Waals surface area contributed by atoms with Gasteiger partial charge in [-0.05, 0) is 18.2 Å². The molecule has 0 bridgehead atoms. The molecule has 0 aliphatic rings. The third-order valence-corrected chi connectivity index (χ3v) is 4.06. The number of nitrogens with one attached hydrogen (secondary N) is 2. The van der Waals surface area contributed by atoms with E-state index in [1.165, 1.54) is 11.0 Å². The molecular formula is C11H17ClFN2O2S+. The molecule has 2 N–H and O–H groups in total. The lowest BCUT2D eigenvalue weighted by Crippen LogP contribution is -3.05. The van der Waals surface area contributed by atoms with E-state index in [2.05, 4.69) is 4.72 Å². The molecule has 0 aliphatic heterocycles. The van der Waals surface area contributed by atoms with Crippen LogP contribution < -0.4 is 9.62 Å². The van der Waals surface area contributed by atoms with Crippen LogP contribution >= 0.6 is 11.6 Å². The van der Waals surface area contributed by atoms with Crippen molar-refractivity contribution in [3.8, 4) is 0 Å². The van der Waals surface area contributed by atoms with Gasteiger partial charge < -0.3 is 4.90 Å². The van der Waals surface area contributed by atoms with Crippen molar-refractivity contribution in [2.75, 3.05) is 27.2 Å².